The summed E-state index contributed by atoms with van der Waals surface area (Å²) in [5.41, 5.74) is -0.587. The molecule has 1 saturated heterocycles. The van der Waals surface area contributed by atoms with E-state index in [1.54, 1.807) is 7.11 Å². The van der Waals surface area contributed by atoms with E-state index in [-0.39, 0.29) is 5.91 Å². The number of amides is 1. The molecule has 0 radical (unpaired) electrons. The van der Waals surface area contributed by atoms with Crippen molar-refractivity contribution in [3.05, 3.63) is 0 Å². The Bertz CT molecular complexity index is 295. The second kappa shape index (κ2) is 7.99. The van der Waals surface area contributed by atoms with Gasteiger partial charge in [0.2, 0.25) is 0 Å². The molecule has 4 heteroatoms. The van der Waals surface area contributed by atoms with Crippen LogP contribution in [0, 0.1) is 5.92 Å². The average Bonchev–Trinajstić information content (AvgIpc) is 2.53. The van der Waals surface area contributed by atoms with Crippen LogP contribution in [0.4, 0.5) is 0 Å². The maximum Gasteiger partial charge on any atom is 0.252 e. The van der Waals surface area contributed by atoms with E-state index in [1.807, 2.05) is 0 Å². The number of carbonyl (C=O) groups is 1. The molecule has 1 aliphatic carbocycles. The molecule has 4 nitrogen and oxygen atoms in total. The fourth-order valence-electron chi connectivity index (χ4n) is 3.58. The van der Waals surface area contributed by atoms with E-state index in [0.29, 0.717) is 0 Å². The summed E-state index contributed by atoms with van der Waals surface area (Å²) in [6, 6.07) is 0. The molecule has 2 aliphatic rings. The largest absolute Gasteiger partial charge is 0.368 e. The van der Waals surface area contributed by atoms with Gasteiger partial charge in [-0.25, -0.2) is 0 Å². The van der Waals surface area contributed by atoms with Crippen molar-refractivity contribution in [1.82, 2.24) is 10.6 Å². The second-order valence-corrected chi connectivity index (χ2v) is 6.35. The number of hydrogen-bond acceptors (Lipinski definition) is 3. The topological polar surface area (TPSA) is 50.4 Å². The fraction of sp³-hybridized carbons (Fsp3) is 0.938. The van der Waals surface area contributed by atoms with E-state index < -0.39 is 5.60 Å². The minimum atomic E-state index is -0.587. The summed E-state index contributed by atoms with van der Waals surface area (Å²) < 4.78 is 5.54. The molecule has 2 rings (SSSR count). The Morgan fingerprint density at radius 1 is 1.25 bits per heavy atom. The van der Waals surface area contributed by atoms with Crippen LogP contribution in [0.5, 0.6) is 0 Å². The molecule has 0 aromatic rings. The Hall–Kier alpha value is -0.610. The van der Waals surface area contributed by atoms with Crippen molar-refractivity contribution in [3.63, 3.8) is 0 Å². The molecule has 1 heterocycles. The highest BCUT2D eigenvalue weighted by molar-refractivity contribution is 5.85. The van der Waals surface area contributed by atoms with Crippen LogP contribution in [0.1, 0.15) is 57.8 Å². The molecule has 1 saturated carbocycles. The van der Waals surface area contributed by atoms with Crippen LogP contribution in [0.3, 0.4) is 0 Å². The van der Waals surface area contributed by atoms with Crippen molar-refractivity contribution in [3.8, 4) is 0 Å². The van der Waals surface area contributed by atoms with E-state index in [0.717, 1.165) is 44.8 Å². The standard InChI is InChI=1S/C16H30N2O2/c1-20-16(9-12-17-13-10-16)15(19)18-11-5-8-14-6-3-2-4-7-14/h14,17H,2-13H2,1H3,(H,18,19). The van der Waals surface area contributed by atoms with Crippen molar-refractivity contribution in [2.75, 3.05) is 26.7 Å². The van der Waals surface area contributed by atoms with Gasteiger partial charge in [0.15, 0.2) is 0 Å². The third kappa shape index (κ3) is 4.19. The molecule has 0 aromatic heterocycles. The van der Waals surface area contributed by atoms with Gasteiger partial charge >= 0.3 is 0 Å². The zero-order chi connectivity index (χ0) is 14.3. The third-order valence-electron chi connectivity index (χ3n) is 5.02. The van der Waals surface area contributed by atoms with Gasteiger partial charge in [-0.05, 0) is 44.7 Å². The van der Waals surface area contributed by atoms with E-state index in [2.05, 4.69) is 10.6 Å². The van der Waals surface area contributed by atoms with Gasteiger partial charge in [-0.15, -0.1) is 0 Å². The molecular formula is C16H30N2O2. The van der Waals surface area contributed by atoms with Crippen molar-refractivity contribution < 1.29 is 9.53 Å². The first-order valence-corrected chi connectivity index (χ1v) is 8.31. The zero-order valence-corrected chi connectivity index (χ0v) is 12.9. The molecule has 1 aliphatic heterocycles. The quantitative estimate of drug-likeness (QED) is 0.735. The molecule has 1 amide bonds. The summed E-state index contributed by atoms with van der Waals surface area (Å²) in [6.07, 6.45) is 10.9. The predicted octanol–water partition coefficient (Wildman–Crippen LogP) is 2.23. The van der Waals surface area contributed by atoms with Gasteiger partial charge in [0.05, 0.1) is 0 Å². The first-order chi connectivity index (χ1) is 9.77. The highest BCUT2D eigenvalue weighted by Gasteiger charge is 2.39. The van der Waals surface area contributed by atoms with Gasteiger partial charge in [-0.1, -0.05) is 32.1 Å². The zero-order valence-electron chi connectivity index (χ0n) is 12.9. The van der Waals surface area contributed by atoms with Crippen LogP contribution < -0.4 is 10.6 Å². The van der Waals surface area contributed by atoms with Crippen LogP contribution in [-0.2, 0) is 9.53 Å². The lowest BCUT2D eigenvalue weighted by molar-refractivity contribution is -0.146. The van der Waals surface area contributed by atoms with Gasteiger partial charge in [-0.3, -0.25) is 4.79 Å². The van der Waals surface area contributed by atoms with Crippen LogP contribution in [0.15, 0.2) is 0 Å². The summed E-state index contributed by atoms with van der Waals surface area (Å²) >= 11 is 0. The Balaban J connectivity index is 1.65. The number of methoxy groups -OCH3 is 1. The SMILES string of the molecule is COC1(C(=O)NCCCC2CCCCC2)CCNCC1. The minimum Gasteiger partial charge on any atom is -0.368 e. The van der Waals surface area contributed by atoms with Gasteiger partial charge < -0.3 is 15.4 Å². The normalized spacial score (nSPS) is 23.4. The minimum absolute atomic E-state index is 0.0881. The molecule has 0 aromatic carbocycles. The predicted molar refractivity (Wildman–Crippen MR) is 80.7 cm³/mol. The highest BCUT2D eigenvalue weighted by atomic mass is 16.5. The molecule has 2 fully saturated rings. The van der Waals surface area contributed by atoms with Crippen LogP contribution in [-0.4, -0.2) is 38.3 Å². The van der Waals surface area contributed by atoms with Crippen LogP contribution in [0.25, 0.3) is 0 Å². The molecular weight excluding hydrogens is 252 g/mol. The van der Waals surface area contributed by atoms with Gasteiger partial charge in [0.25, 0.3) is 5.91 Å². The highest BCUT2D eigenvalue weighted by Crippen LogP contribution is 2.27. The second-order valence-electron chi connectivity index (χ2n) is 6.35. The molecule has 0 spiro atoms. The maximum atomic E-state index is 12.3. The fourth-order valence-corrected chi connectivity index (χ4v) is 3.58. The number of carbonyl (C=O) groups excluding carboxylic acids is 1. The number of piperidine rings is 1. The maximum absolute atomic E-state index is 12.3. The van der Waals surface area contributed by atoms with E-state index in [1.165, 1.54) is 38.5 Å². The Labute approximate surface area is 123 Å². The third-order valence-corrected chi connectivity index (χ3v) is 5.02. The molecule has 20 heavy (non-hydrogen) atoms. The van der Waals surface area contributed by atoms with E-state index >= 15 is 0 Å². The van der Waals surface area contributed by atoms with Crippen molar-refractivity contribution in [2.45, 2.75) is 63.4 Å². The number of ether oxygens (including phenoxy) is 1. The summed E-state index contributed by atoms with van der Waals surface area (Å²) in [7, 11) is 1.66. The Kier molecular flexibility index (Phi) is 6.30. The van der Waals surface area contributed by atoms with Crippen LogP contribution >= 0.6 is 0 Å². The first kappa shape index (κ1) is 15.8. The molecule has 116 valence electrons. The van der Waals surface area contributed by atoms with Crippen molar-refractivity contribution in [2.24, 2.45) is 5.92 Å². The molecule has 0 atom stereocenters. The smallest absolute Gasteiger partial charge is 0.252 e. The van der Waals surface area contributed by atoms with Gasteiger partial charge in [0.1, 0.15) is 5.60 Å². The van der Waals surface area contributed by atoms with Crippen LogP contribution in [0.2, 0.25) is 0 Å². The lowest BCUT2D eigenvalue weighted by Gasteiger charge is -2.34. The summed E-state index contributed by atoms with van der Waals surface area (Å²) in [5.74, 6) is 0.987. The number of hydrogen-bond donors (Lipinski definition) is 2. The van der Waals surface area contributed by atoms with Gasteiger partial charge in [0, 0.05) is 13.7 Å². The van der Waals surface area contributed by atoms with Crippen molar-refractivity contribution >= 4 is 5.91 Å². The average molecular weight is 282 g/mol. The van der Waals surface area contributed by atoms with E-state index in [9.17, 15) is 4.79 Å². The monoisotopic (exact) mass is 282 g/mol. The lowest BCUT2D eigenvalue weighted by Crippen LogP contribution is -2.54. The molecule has 0 unspecified atom stereocenters. The van der Waals surface area contributed by atoms with E-state index in [4.69, 9.17) is 4.74 Å². The van der Waals surface area contributed by atoms with Gasteiger partial charge in [-0.2, -0.15) is 0 Å². The number of rotatable bonds is 6. The summed E-state index contributed by atoms with van der Waals surface area (Å²) in [4.78, 5) is 12.3. The Morgan fingerprint density at radius 3 is 2.60 bits per heavy atom. The number of nitrogens with one attached hydrogen (secondary N) is 2. The molecule has 0 bridgehead atoms. The lowest BCUT2D eigenvalue weighted by atomic mass is 9.86. The molecule has 2 N–H and O–H groups in total. The van der Waals surface area contributed by atoms with Crippen molar-refractivity contribution in [1.29, 1.82) is 0 Å². The summed E-state index contributed by atoms with van der Waals surface area (Å²) in [6.45, 7) is 2.53. The first-order valence-electron chi connectivity index (χ1n) is 8.31. The Morgan fingerprint density at radius 2 is 1.95 bits per heavy atom. The summed E-state index contributed by atoms with van der Waals surface area (Å²) in [5, 5.41) is 6.37.